The molecule has 0 heterocycles. The van der Waals surface area contributed by atoms with Gasteiger partial charge in [-0.1, -0.05) is 0 Å². The van der Waals surface area contributed by atoms with E-state index in [-0.39, 0.29) is 0 Å². The van der Waals surface area contributed by atoms with Crippen LogP contribution < -0.4 is 0 Å². The van der Waals surface area contributed by atoms with Crippen LogP contribution in [0.5, 0.6) is 0 Å². The molecule has 0 spiro atoms. The van der Waals surface area contributed by atoms with Gasteiger partial charge in [-0.2, -0.15) is 0 Å². The van der Waals surface area contributed by atoms with Gasteiger partial charge in [0, 0.05) is 0 Å². The van der Waals surface area contributed by atoms with Gasteiger partial charge < -0.3 is 0 Å². The Morgan fingerprint density at radius 2 is 1.43 bits per heavy atom. The van der Waals surface area contributed by atoms with Gasteiger partial charge in [0.25, 0.3) is 0 Å². The van der Waals surface area contributed by atoms with Crippen molar-refractivity contribution in [3.63, 3.8) is 0 Å². The summed E-state index contributed by atoms with van der Waals surface area (Å²) in [5.41, 5.74) is 0. The summed E-state index contributed by atoms with van der Waals surface area (Å²) >= 11 is 0. The molecule has 0 atom stereocenters. The van der Waals surface area contributed by atoms with E-state index >= 15 is 0 Å². The molecule has 0 aliphatic rings. The summed E-state index contributed by atoms with van der Waals surface area (Å²) in [5.74, 6) is 0. The van der Waals surface area contributed by atoms with E-state index in [0.29, 0.717) is 0 Å². The van der Waals surface area contributed by atoms with E-state index in [1.165, 1.54) is 0 Å². The van der Waals surface area contributed by atoms with E-state index in [2.05, 4.69) is 4.18 Å². The van der Waals surface area contributed by atoms with Crippen molar-refractivity contribution < 1.29 is 16.6 Å². The Balaban J connectivity index is 5.07. The van der Waals surface area contributed by atoms with E-state index < -0.39 is 17.2 Å². The molecule has 0 unspecified atom stereocenters. The fraction of sp³-hybridized carbons (Fsp3) is 1.00. The number of rotatable bonds is 6. The molecule has 0 amide bonds. The molecule has 0 saturated heterocycles. The van der Waals surface area contributed by atoms with Gasteiger partial charge in [-0.05, 0) is 0 Å². The van der Waals surface area contributed by atoms with Crippen molar-refractivity contribution in [3.8, 4) is 0 Å². The Labute approximate surface area is 87.3 Å². The standard InChI is InChI=1S/C8H21O4PS/c1-6-13(5,7-2,8-3)12-14(9,10)11-4/h6-8H2,1-5H3. The minimum absolute atomic E-state index is 0.751. The third-order valence-electron chi connectivity index (χ3n) is 3.21. The van der Waals surface area contributed by atoms with E-state index in [0.717, 1.165) is 25.6 Å². The SMILES string of the molecule is CCP(C)(CC)(CC)OS(=O)(=O)OC. The van der Waals surface area contributed by atoms with Gasteiger partial charge in [0.1, 0.15) is 0 Å². The molecular weight excluding hydrogens is 223 g/mol. The number of hydrogen-bond acceptors (Lipinski definition) is 4. The molecule has 4 nitrogen and oxygen atoms in total. The van der Waals surface area contributed by atoms with Crippen LogP contribution >= 0.6 is 6.83 Å². The average Bonchev–Trinajstić information content (AvgIpc) is 2.18. The third kappa shape index (κ3) is 3.16. The normalized spacial score (nSPS) is 16.2. The first-order chi connectivity index (χ1) is 6.25. The first kappa shape index (κ1) is 14.3. The van der Waals surface area contributed by atoms with Crippen molar-refractivity contribution in [1.29, 1.82) is 0 Å². The van der Waals surface area contributed by atoms with Gasteiger partial charge in [0.15, 0.2) is 0 Å². The second-order valence-electron chi connectivity index (χ2n) is 3.79. The molecule has 0 aliphatic carbocycles. The van der Waals surface area contributed by atoms with Gasteiger partial charge in [-0.3, -0.25) is 0 Å². The van der Waals surface area contributed by atoms with Gasteiger partial charge in [-0.25, -0.2) is 0 Å². The Bertz CT molecular complexity index is 271. The molecular formula is C8H21O4PS. The van der Waals surface area contributed by atoms with Crippen LogP contribution in [0.3, 0.4) is 0 Å². The second-order valence-corrected chi connectivity index (χ2v) is 11.8. The predicted octanol–water partition coefficient (Wildman–Crippen LogP) is 2.05. The first-order valence-corrected chi connectivity index (χ1v) is 9.26. The quantitative estimate of drug-likeness (QED) is 0.671. The zero-order chi connectivity index (χ0) is 11.5. The summed E-state index contributed by atoms with van der Waals surface area (Å²) in [5, 5.41) is 0. The maximum atomic E-state index is 11.3. The molecule has 0 aromatic carbocycles. The summed E-state index contributed by atoms with van der Waals surface area (Å²) < 4.78 is 32.2. The van der Waals surface area contributed by atoms with Gasteiger partial charge in [0.2, 0.25) is 0 Å². The molecule has 0 saturated carbocycles. The average molecular weight is 244 g/mol. The van der Waals surface area contributed by atoms with Crippen molar-refractivity contribution in [2.75, 3.05) is 32.3 Å². The molecule has 0 N–H and O–H groups in total. The fourth-order valence-corrected chi connectivity index (χ4v) is 6.27. The summed E-state index contributed by atoms with van der Waals surface area (Å²) in [7, 11) is -2.69. The number of hydrogen-bond donors (Lipinski definition) is 0. The van der Waals surface area contributed by atoms with E-state index in [1.54, 1.807) is 0 Å². The molecule has 0 bridgehead atoms. The van der Waals surface area contributed by atoms with Crippen molar-refractivity contribution >= 4 is 17.2 Å². The molecule has 0 rings (SSSR count). The predicted molar refractivity (Wildman–Crippen MR) is 61.5 cm³/mol. The molecule has 0 aromatic rings. The van der Waals surface area contributed by atoms with Crippen LogP contribution in [0.1, 0.15) is 20.8 Å². The van der Waals surface area contributed by atoms with Gasteiger partial charge >= 0.3 is 86.8 Å². The Kier molecular flexibility index (Phi) is 4.53. The Hall–Kier alpha value is 0.300. The van der Waals surface area contributed by atoms with Crippen LogP contribution in [-0.2, 0) is 18.6 Å². The van der Waals surface area contributed by atoms with Crippen LogP contribution in [0.4, 0.5) is 0 Å². The van der Waals surface area contributed by atoms with E-state index in [4.69, 9.17) is 3.97 Å². The fourth-order valence-electron chi connectivity index (χ4n) is 1.14. The molecule has 88 valence electrons. The van der Waals surface area contributed by atoms with Crippen LogP contribution in [0.2, 0.25) is 0 Å². The maximum absolute atomic E-state index is 11.3. The van der Waals surface area contributed by atoms with E-state index in [9.17, 15) is 8.42 Å². The topological polar surface area (TPSA) is 52.6 Å². The molecule has 0 aliphatic heterocycles. The van der Waals surface area contributed by atoms with Crippen molar-refractivity contribution in [1.82, 2.24) is 0 Å². The molecule has 0 radical (unpaired) electrons. The molecule has 0 aromatic heterocycles. The zero-order valence-corrected chi connectivity index (χ0v) is 11.3. The molecule has 6 heteroatoms. The van der Waals surface area contributed by atoms with Crippen LogP contribution in [-0.4, -0.2) is 40.7 Å². The van der Waals surface area contributed by atoms with Crippen LogP contribution in [0, 0.1) is 0 Å². The summed E-state index contributed by atoms with van der Waals surface area (Å²) in [6.07, 6.45) is 2.25. The van der Waals surface area contributed by atoms with Crippen molar-refractivity contribution in [3.05, 3.63) is 0 Å². The van der Waals surface area contributed by atoms with Crippen molar-refractivity contribution in [2.45, 2.75) is 20.8 Å². The minimum atomic E-state index is -3.81. The third-order valence-corrected chi connectivity index (χ3v) is 11.6. The summed E-state index contributed by atoms with van der Waals surface area (Å²) in [4.78, 5) is 0. The van der Waals surface area contributed by atoms with Crippen LogP contribution in [0.25, 0.3) is 0 Å². The van der Waals surface area contributed by atoms with Gasteiger partial charge in [0.05, 0.1) is 0 Å². The van der Waals surface area contributed by atoms with Crippen LogP contribution in [0.15, 0.2) is 0 Å². The second kappa shape index (κ2) is 4.44. The first-order valence-electron chi connectivity index (χ1n) is 4.77. The summed E-state index contributed by atoms with van der Waals surface area (Å²) in [6, 6.07) is 0. The van der Waals surface area contributed by atoms with Crippen molar-refractivity contribution in [2.24, 2.45) is 0 Å². The Morgan fingerprint density at radius 1 is 1.07 bits per heavy atom. The molecule has 14 heavy (non-hydrogen) atoms. The zero-order valence-electron chi connectivity index (χ0n) is 9.61. The van der Waals surface area contributed by atoms with Gasteiger partial charge in [-0.15, -0.1) is 0 Å². The summed E-state index contributed by atoms with van der Waals surface area (Å²) in [6.45, 7) is 5.29. The Morgan fingerprint density at radius 3 is 1.64 bits per heavy atom. The molecule has 0 fully saturated rings. The monoisotopic (exact) mass is 244 g/mol. The van der Waals surface area contributed by atoms with E-state index in [1.807, 2.05) is 27.4 Å².